The maximum absolute atomic E-state index is 11.2. The summed E-state index contributed by atoms with van der Waals surface area (Å²) in [6.45, 7) is 12.2. The van der Waals surface area contributed by atoms with Gasteiger partial charge in [0.25, 0.3) is 6.33 Å². The van der Waals surface area contributed by atoms with Crippen LogP contribution in [0.2, 0.25) is 0 Å². The van der Waals surface area contributed by atoms with E-state index in [1.54, 1.807) is 42.6 Å². The molecule has 17 aromatic rings. The van der Waals surface area contributed by atoms with Crippen LogP contribution in [0, 0.1) is 18.5 Å². The molecule has 18 rings (SSSR count). The van der Waals surface area contributed by atoms with Crippen LogP contribution in [-0.4, -0.2) is 22.2 Å². The van der Waals surface area contributed by atoms with Crippen LogP contribution in [0.1, 0.15) is 89.7 Å². The maximum atomic E-state index is 11.2. The number of aromatic nitrogens is 4. The van der Waals surface area contributed by atoms with Crippen molar-refractivity contribution in [2.24, 2.45) is 0 Å². The second-order valence-electron chi connectivity index (χ2n) is 26.2. The van der Waals surface area contributed by atoms with Gasteiger partial charge >= 0.3 is 0 Å². The Labute approximate surface area is 635 Å². The number of pyridine rings is 1. The average Bonchev–Trinajstić information content (AvgIpc) is 1.48. The minimum absolute atomic E-state index is 0. The van der Waals surface area contributed by atoms with Crippen molar-refractivity contribution in [2.45, 2.75) is 52.4 Å². The molecule has 0 unspecified atom stereocenters. The second-order valence-corrected chi connectivity index (χ2v) is 29.7. The Bertz CT molecular complexity index is 7530. The van der Waals surface area contributed by atoms with Gasteiger partial charge in [0.15, 0.2) is 8.07 Å². The second kappa shape index (κ2) is 24.3. The fraction of sp³-hybridized carbons (Fsp3) is 0.0870. The van der Waals surface area contributed by atoms with Gasteiger partial charge < -0.3 is 18.3 Å². The van der Waals surface area contributed by atoms with Gasteiger partial charge in [-0.05, 0) is 158 Å². The van der Waals surface area contributed by atoms with Crippen LogP contribution in [0.4, 0.5) is 0 Å². The molecule has 1 aliphatic heterocycles. The van der Waals surface area contributed by atoms with Gasteiger partial charge in [0.2, 0.25) is 0 Å². The van der Waals surface area contributed by atoms with Crippen molar-refractivity contribution in [3.8, 4) is 84.3 Å². The van der Waals surface area contributed by atoms with Crippen molar-refractivity contribution < 1.29 is 71.8 Å². The van der Waals surface area contributed by atoms with Crippen molar-refractivity contribution in [2.75, 3.05) is 0 Å². The predicted octanol–water partition coefficient (Wildman–Crippen LogP) is 20.1. The molecule has 0 amide bonds. The summed E-state index contributed by atoms with van der Waals surface area (Å²) in [5, 5.41) is -1.19. The maximum Gasteiger partial charge on any atom is 0.268 e. The first-order valence-corrected chi connectivity index (χ1v) is 33.9. The molecule has 6 nitrogen and oxygen atoms in total. The van der Waals surface area contributed by atoms with Gasteiger partial charge in [-0.2, -0.15) is 18.2 Å². The normalized spacial score (nSPS) is 16.0. The molecule has 0 aliphatic carbocycles. The fourth-order valence-electron chi connectivity index (χ4n) is 13.7. The average molecular weight is 1510 g/mol. The molecular formula is C92H68N4O2PtSi-2. The van der Waals surface area contributed by atoms with Crippen LogP contribution in [-0.2, 0) is 31.9 Å². The van der Waals surface area contributed by atoms with Gasteiger partial charge in [0.1, 0.15) is 17.0 Å². The summed E-state index contributed by atoms with van der Waals surface area (Å²) in [5.41, 5.74) is 1.16. The molecule has 0 atom stereocenters. The fourth-order valence-corrected chi connectivity index (χ4v) is 17.3. The van der Waals surface area contributed by atoms with Crippen molar-refractivity contribution in [1.29, 1.82) is 0 Å². The molecule has 484 valence electrons. The minimum Gasteiger partial charge on any atom is -0.510 e. The minimum atomic E-state index is -6.53. The number of imidazole rings is 1. The first-order chi connectivity index (χ1) is 59.5. The molecule has 0 bridgehead atoms. The molecule has 13 aromatic carbocycles. The molecule has 100 heavy (non-hydrogen) atoms. The molecule has 0 saturated heterocycles. The van der Waals surface area contributed by atoms with E-state index in [1.807, 2.05) is 110 Å². The van der Waals surface area contributed by atoms with Gasteiger partial charge in [0.05, 0.1) is 53.7 Å². The molecule has 1 aliphatic rings. The summed E-state index contributed by atoms with van der Waals surface area (Å²) in [4.78, 5) is 4.86. The number of ether oxygens (including phenoxy) is 1. The van der Waals surface area contributed by atoms with Gasteiger partial charge in [-0.1, -0.05) is 265 Å². The van der Waals surface area contributed by atoms with E-state index < -0.39 is 225 Å². The molecule has 0 radical (unpaired) electrons. The number of fused-ring (bicyclic) bond motifs is 13. The van der Waals surface area contributed by atoms with Crippen molar-refractivity contribution in [3.63, 3.8) is 0 Å². The summed E-state index contributed by atoms with van der Waals surface area (Å²) < 4.78 is 282. The summed E-state index contributed by atoms with van der Waals surface area (Å²) in [5.74, 6) is 0.852. The number of para-hydroxylation sites is 2. The third-order valence-corrected chi connectivity index (χ3v) is 22.3. The zero-order valence-corrected chi connectivity index (χ0v) is 57.5. The van der Waals surface area contributed by atoms with Crippen molar-refractivity contribution in [3.05, 3.63) is 332 Å². The van der Waals surface area contributed by atoms with E-state index in [1.165, 1.54) is 21.3 Å². The first-order valence-electron chi connectivity index (χ1n) is 45.4. The Balaban J connectivity index is 0.0000114. The number of nitrogens with zero attached hydrogens (tertiary/aromatic N) is 4. The molecule has 0 spiro atoms. The monoisotopic (exact) mass is 1510 g/mol. The van der Waals surface area contributed by atoms with Crippen LogP contribution in [0.15, 0.2) is 307 Å². The number of hydrogen-bond donors (Lipinski definition) is 0. The Hall–Kier alpha value is -11.2. The number of hydrogen-bond acceptors (Lipinski definition) is 3. The molecule has 5 heterocycles. The van der Waals surface area contributed by atoms with E-state index in [9.17, 15) is 32.9 Å². The SMILES string of the molecule is [2H]c1c([2H])c([2H])c([Si](c2c([2H])c([2H])c([2H])c([2H])c2[2H])(c2c([2H])c([2H])c([2H])c([2H])c2[2H])c2c([2H])c([2H])c([2H])c(-c3cc4c5c(c3)n(-c3[c-]c(Oc6[c-]c7c(cc6)c6ccccc6n7-c6cc(C(C)(C)C)ccn6)ccc3)[c-][n+]5-c3cc(-c5ccc6oc7ccccc7c6c5)c(C(C)(C)C)cc3-c3c([2H])c([2H])c([2H])c([2H])c3-c3c([2H])c([2H])c([2H])c([2H])c3-4)c2[2H])c([2H])c1[2H].[Pt]. The van der Waals surface area contributed by atoms with Crippen LogP contribution in [0.5, 0.6) is 11.5 Å². The molecule has 0 N–H and O–H groups in total. The third kappa shape index (κ3) is 10.3. The largest absolute Gasteiger partial charge is 0.510 e. The Morgan fingerprint density at radius 3 is 1.77 bits per heavy atom. The first kappa shape index (κ1) is 39.4. The number of furan rings is 1. The van der Waals surface area contributed by atoms with Gasteiger partial charge in [-0.25, -0.2) is 4.98 Å². The number of rotatable bonds is 10. The molecule has 8 heteroatoms. The van der Waals surface area contributed by atoms with Crippen LogP contribution in [0.25, 0.3) is 128 Å². The zero-order chi connectivity index (χ0) is 90.2. The molecule has 0 fully saturated rings. The third-order valence-electron chi connectivity index (χ3n) is 18.3. The van der Waals surface area contributed by atoms with Crippen LogP contribution >= 0.6 is 0 Å². The van der Waals surface area contributed by atoms with Crippen molar-refractivity contribution >= 4 is 83.6 Å². The molecule has 0 saturated carbocycles. The van der Waals surface area contributed by atoms with E-state index in [0.29, 0.717) is 39.2 Å². The smallest absolute Gasteiger partial charge is 0.268 e. The van der Waals surface area contributed by atoms with Crippen LogP contribution < -0.4 is 30.1 Å². The standard InChI is InChI=1S/C92H68N4O2Si.Pt/c1-91(2,3)63-48-49-93-89(54-63)96-83-42-22-20-40-75(83)76-46-45-66(56-85(76)96)97-65-28-25-27-64(55-65)94-59-95-84-58-78(61-44-47-88-80(51-61)77-41-21-23-43-87(77)98-88)82(92(4,5)6)57-79(84)73-38-18-16-36-71(73)72-37-17-19-39-74(72)81-52-62(53-86(94)90(81)95)60-26-24-35-70(50-60)99(67-29-10-7-11-30-67,68-31-12-8-13-32-68)69-33-14-9-15-34-69;/h7-54,57-58H,1-6H3;/q-2;/i7D,8D,9D,10D,11D,12D,13D,14D,15D,16D,17D,18D,19D,24D,26D,29D,30D,31D,32D,33D,34D,35D,36D,37D,38D,39D,50D;. The van der Waals surface area contributed by atoms with E-state index in [-0.39, 0.29) is 77.1 Å². The topological polar surface area (TPSA) is 49.0 Å². The van der Waals surface area contributed by atoms with E-state index in [0.717, 1.165) is 32.6 Å². The van der Waals surface area contributed by atoms with Gasteiger partial charge in [-0.15, -0.1) is 29.7 Å². The van der Waals surface area contributed by atoms with E-state index in [2.05, 4.69) is 39.2 Å². The Morgan fingerprint density at radius 1 is 0.460 bits per heavy atom. The van der Waals surface area contributed by atoms with Gasteiger partial charge in [0, 0.05) is 55.1 Å². The summed E-state index contributed by atoms with van der Waals surface area (Å²) >= 11 is 0. The van der Waals surface area contributed by atoms with E-state index >= 15 is 0 Å². The van der Waals surface area contributed by atoms with E-state index in [4.69, 9.17) is 18.3 Å². The van der Waals surface area contributed by atoms with Crippen molar-refractivity contribution in [1.82, 2.24) is 14.1 Å². The zero-order valence-electron chi connectivity index (χ0n) is 81.2. The van der Waals surface area contributed by atoms with Gasteiger partial charge in [-0.3, -0.25) is 4.57 Å². The quantitative estimate of drug-likeness (QED) is 0.0593. The Kier molecular flexibility index (Phi) is 9.59. The summed E-state index contributed by atoms with van der Waals surface area (Å²) in [6, 6.07) is 17.8. The molecule has 4 aromatic heterocycles. The predicted molar refractivity (Wildman–Crippen MR) is 409 cm³/mol. The van der Waals surface area contributed by atoms with Crippen LogP contribution in [0.3, 0.4) is 0 Å². The molecular weight excluding hydrogens is 1420 g/mol. The Morgan fingerprint density at radius 2 is 1.08 bits per heavy atom. The summed E-state index contributed by atoms with van der Waals surface area (Å²) in [7, 11) is -6.53. The number of benzene rings is 13. The summed E-state index contributed by atoms with van der Waals surface area (Å²) in [6.07, 6.45) is 5.30.